The molecule has 0 heterocycles. The summed E-state index contributed by atoms with van der Waals surface area (Å²) in [5.41, 5.74) is 1.17. The van der Waals surface area contributed by atoms with Crippen molar-refractivity contribution in [1.82, 2.24) is 0 Å². The summed E-state index contributed by atoms with van der Waals surface area (Å²) < 4.78 is 0. The molecule has 0 saturated heterocycles. The molecule has 0 radical (unpaired) electrons. The molecule has 1 aromatic rings. The summed E-state index contributed by atoms with van der Waals surface area (Å²) >= 11 is 0. The van der Waals surface area contributed by atoms with E-state index in [2.05, 4.69) is 6.58 Å². The standard InChI is InChI=1S/C8H8.2ClH.Pd/c1-2-8-6-4-3-5-7-8;;;/h2-7H,1H2;2*1H;/q;;;+2/p-2. The second kappa shape index (κ2) is 10.2. The molecule has 0 aromatic heterocycles. The monoisotopic (exact) mass is 280 g/mol. The Morgan fingerprint density at radius 3 is 1.73 bits per heavy atom. The molecule has 0 saturated carbocycles. The van der Waals surface area contributed by atoms with Gasteiger partial charge in [0, 0.05) is 0 Å². The van der Waals surface area contributed by atoms with Gasteiger partial charge in [-0.3, -0.25) is 0 Å². The maximum Gasteiger partial charge on any atom is 2.00 e. The van der Waals surface area contributed by atoms with Crippen LogP contribution in [0.25, 0.3) is 6.08 Å². The van der Waals surface area contributed by atoms with Gasteiger partial charge < -0.3 is 24.8 Å². The molecule has 0 atom stereocenters. The normalized spacial score (nSPS) is 6.18. The van der Waals surface area contributed by atoms with Gasteiger partial charge in [0.1, 0.15) is 0 Å². The summed E-state index contributed by atoms with van der Waals surface area (Å²) in [5, 5.41) is 0. The minimum atomic E-state index is 0. The van der Waals surface area contributed by atoms with E-state index in [0.717, 1.165) is 0 Å². The minimum absolute atomic E-state index is 0. The Hall–Kier alpha value is 0.202. The molecule has 0 fully saturated rings. The van der Waals surface area contributed by atoms with E-state index < -0.39 is 0 Å². The maximum atomic E-state index is 3.63. The summed E-state index contributed by atoms with van der Waals surface area (Å²) in [6, 6.07) is 10.0. The molecular formula is C8H8Cl2Pd. The molecule has 0 spiro atoms. The quantitative estimate of drug-likeness (QED) is 0.466. The fourth-order valence-electron chi connectivity index (χ4n) is 0.589. The average Bonchev–Trinajstić information content (AvgIpc) is 1.90. The Balaban J connectivity index is -0.000000213. The summed E-state index contributed by atoms with van der Waals surface area (Å²) in [4.78, 5) is 0. The first kappa shape index (κ1) is 17.3. The molecule has 0 unspecified atom stereocenters. The van der Waals surface area contributed by atoms with Crippen molar-refractivity contribution in [2.75, 3.05) is 0 Å². The van der Waals surface area contributed by atoms with Gasteiger partial charge in [0.2, 0.25) is 0 Å². The maximum absolute atomic E-state index is 3.63. The van der Waals surface area contributed by atoms with Crippen LogP contribution in [0.5, 0.6) is 0 Å². The van der Waals surface area contributed by atoms with E-state index in [4.69, 9.17) is 0 Å². The molecule has 0 nitrogen and oxygen atoms in total. The summed E-state index contributed by atoms with van der Waals surface area (Å²) in [6.07, 6.45) is 1.83. The van der Waals surface area contributed by atoms with Gasteiger partial charge in [0.25, 0.3) is 0 Å². The van der Waals surface area contributed by atoms with Gasteiger partial charge in [-0.2, -0.15) is 0 Å². The molecule has 0 aliphatic rings. The Labute approximate surface area is 93.6 Å². The third kappa shape index (κ3) is 6.59. The van der Waals surface area contributed by atoms with Crippen molar-refractivity contribution in [2.24, 2.45) is 0 Å². The van der Waals surface area contributed by atoms with E-state index in [1.807, 2.05) is 36.4 Å². The Kier molecular flexibility index (Phi) is 16.1. The van der Waals surface area contributed by atoms with Crippen LogP contribution >= 0.6 is 0 Å². The van der Waals surface area contributed by atoms with Gasteiger partial charge >= 0.3 is 20.4 Å². The van der Waals surface area contributed by atoms with Gasteiger partial charge in [-0.05, 0) is 5.56 Å². The Morgan fingerprint density at radius 1 is 1.00 bits per heavy atom. The first-order valence-electron chi connectivity index (χ1n) is 2.61. The van der Waals surface area contributed by atoms with E-state index in [1.54, 1.807) is 0 Å². The second-order valence-electron chi connectivity index (χ2n) is 1.61. The summed E-state index contributed by atoms with van der Waals surface area (Å²) in [7, 11) is 0. The average molecular weight is 281 g/mol. The van der Waals surface area contributed by atoms with E-state index in [-0.39, 0.29) is 45.2 Å². The third-order valence-electron chi connectivity index (χ3n) is 1.04. The van der Waals surface area contributed by atoms with E-state index in [0.29, 0.717) is 0 Å². The SMILES string of the molecule is C=Cc1ccccc1.[Cl-].[Cl-].[Pd+2]. The van der Waals surface area contributed by atoms with Gasteiger partial charge in [-0.1, -0.05) is 43.0 Å². The Morgan fingerprint density at radius 2 is 1.45 bits per heavy atom. The van der Waals surface area contributed by atoms with Crippen LogP contribution in [0.1, 0.15) is 5.56 Å². The molecular weight excluding hydrogens is 273 g/mol. The van der Waals surface area contributed by atoms with Crippen molar-refractivity contribution in [2.45, 2.75) is 0 Å². The van der Waals surface area contributed by atoms with Crippen LogP contribution < -0.4 is 24.8 Å². The summed E-state index contributed by atoms with van der Waals surface area (Å²) in [5.74, 6) is 0. The van der Waals surface area contributed by atoms with Crippen molar-refractivity contribution >= 4 is 6.08 Å². The van der Waals surface area contributed by atoms with Crippen LogP contribution in [0.15, 0.2) is 36.9 Å². The number of rotatable bonds is 1. The van der Waals surface area contributed by atoms with Crippen molar-refractivity contribution in [3.63, 3.8) is 0 Å². The van der Waals surface area contributed by atoms with Crippen LogP contribution in [0.4, 0.5) is 0 Å². The molecule has 0 aliphatic carbocycles. The molecule has 11 heavy (non-hydrogen) atoms. The molecule has 1 aromatic carbocycles. The van der Waals surface area contributed by atoms with Gasteiger partial charge in [-0.15, -0.1) is 0 Å². The second-order valence-corrected chi connectivity index (χ2v) is 1.61. The smallest absolute Gasteiger partial charge is 1.00 e. The van der Waals surface area contributed by atoms with Gasteiger partial charge in [0.15, 0.2) is 0 Å². The van der Waals surface area contributed by atoms with Crippen molar-refractivity contribution < 1.29 is 45.2 Å². The minimum Gasteiger partial charge on any atom is -1.00 e. The molecule has 0 bridgehead atoms. The van der Waals surface area contributed by atoms with Crippen molar-refractivity contribution in [3.05, 3.63) is 42.5 Å². The fraction of sp³-hybridized carbons (Fsp3) is 0. The number of halogens is 2. The zero-order valence-electron chi connectivity index (χ0n) is 5.74. The Bertz CT molecular complexity index is 175. The van der Waals surface area contributed by atoms with Crippen LogP contribution in [-0.4, -0.2) is 0 Å². The fourth-order valence-corrected chi connectivity index (χ4v) is 0.589. The van der Waals surface area contributed by atoms with Crippen LogP contribution in [-0.2, 0) is 20.4 Å². The predicted octanol–water partition coefficient (Wildman–Crippen LogP) is -3.66. The summed E-state index contributed by atoms with van der Waals surface area (Å²) in [6.45, 7) is 3.63. The van der Waals surface area contributed by atoms with E-state index >= 15 is 0 Å². The van der Waals surface area contributed by atoms with Crippen molar-refractivity contribution in [1.29, 1.82) is 0 Å². The molecule has 0 amide bonds. The van der Waals surface area contributed by atoms with Crippen molar-refractivity contribution in [3.8, 4) is 0 Å². The molecule has 64 valence electrons. The molecule has 1 rings (SSSR count). The molecule has 3 heteroatoms. The van der Waals surface area contributed by atoms with Gasteiger partial charge in [-0.25, -0.2) is 0 Å². The zero-order valence-corrected chi connectivity index (χ0v) is 8.81. The topological polar surface area (TPSA) is 0 Å². The van der Waals surface area contributed by atoms with Crippen LogP contribution in [0.2, 0.25) is 0 Å². The molecule has 0 aliphatic heterocycles. The zero-order chi connectivity index (χ0) is 5.82. The third-order valence-corrected chi connectivity index (χ3v) is 1.04. The largest absolute Gasteiger partial charge is 2.00 e. The van der Waals surface area contributed by atoms with Crippen LogP contribution in [0, 0.1) is 0 Å². The van der Waals surface area contributed by atoms with Gasteiger partial charge in [0.05, 0.1) is 0 Å². The number of benzene rings is 1. The first-order valence-corrected chi connectivity index (χ1v) is 2.61. The number of hydrogen-bond acceptors (Lipinski definition) is 0. The van der Waals surface area contributed by atoms with E-state index in [9.17, 15) is 0 Å². The predicted molar refractivity (Wildman–Crippen MR) is 36.5 cm³/mol. The first-order chi connectivity index (χ1) is 3.93. The van der Waals surface area contributed by atoms with E-state index in [1.165, 1.54) is 5.56 Å². The number of hydrogen-bond donors (Lipinski definition) is 0. The van der Waals surface area contributed by atoms with Crippen LogP contribution in [0.3, 0.4) is 0 Å². The molecule has 0 N–H and O–H groups in total.